The van der Waals surface area contributed by atoms with Crippen molar-refractivity contribution >= 4 is 22.4 Å². The lowest BCUT2D eigenvalue weighted by atomic mass is 9.93. The molecule has 5 heteroatoms. The fraction of sp³-hybridized carbons (Fsp3) is 0.188. The molecule has 0 spiro atoms. The lowest BCUT2D eigenvalue weighted by molar-refractivity contribution is -0.120. The van der Waals surface area contributed by atoms with Gasteiger partial charge in [0.2, 0.25) is 5.91 Å². The molecular formula is C32H30N2O3. The van der Waals surface area contributed by atoms with E-state index < -0.39 is 0 Å². The third-order valence-corrected chi connectivity index (χ3v) is 6.75. The van der Waals surface area contributed by atoms with E-state index in [0.717, 1.165) is 50.1 Å². The second-order valence-corrected chi connectivity index (χ2v) is 9.61. The number of rotatable bonds is 7. The fourth-order valence-corrected chi connectivity index (χ4v) is 4.92. The molecule has 1 atom stereocenters. The first-order valence-electron chi connectivity index (χ1n) is 12.4. The van der Waals surface area contributed by atoms with Gasteiger partial charge in [0.25, 0.3) is 0 Å². The summed E-state index contributed by atoms with van der Waals surface area (Å²) in [5, 5.41) is 8.20. The number of aryl methyl sites for hydroxylation is 4. The monoisotopic (exact) mass is 490 g/mol. The van der Waals surface area contributed by atoms with Gasteiger partial charge in [-0.1, -0.05) is 71.9 Å². The topological polar surface area (TPSA) is 68.3 Å². The number of carbonyl (C=O) groups excluding carboxylic acids is 1. The Balaban J connectivity index is 1.38. The van der Waals surface area contributed by atoms with Gasteiger partial charge < -0.3 is 14.3 Å². The maximum absolute atomic E-state index is 13.3. The van der Waals surface area contributed by atoms with Crippen molar-refractivity contribution in [2.75, 3.05) is 0 Å². The molecule has 0 aliphatic rings. The Morgan fingerprint density at radius 3 is 2.46 bits per heavy atom. The molecule has 2 aromatic heterocycles. The molecule has 5 nitrogen and oxygen atoms in total. The Labute approximate surface area is 216 Å². The van der Waals surface area contributed by atoms with Gasteiger partial charge >= 0.3 is 0 Å². The molecule has 0 aliphatic carbocycles. The molecular weight excluding hydrogens is 460 g/mol. The second-order valence-electron chi connectivity index (χ2n) is 9.61. The molecule has 5 aromatic rings. The SMILES string of the molecule is C=C(c1cc2cc(CC(=O)NC(c3ccccc3)c3ccc(C)cc3C)ccc2o1)c1c(C)noc1C. The van der Waals surface area contributed by atoms with Gasteiger partial charge in [0.1, 0.15) is 17.1 Å². The number of carbonyl (C=O) groups is 1. The summed E-state index contributed by atoms with van der Waals surface area (Å²) < 4.78 is 11.3. The number of fused-ring (bicyclic) bond motifs is 1. The Morgan fingerprint density at radius 2 is 1.76 bits per heavy atom. The summed E-state index contributed by atoms with van der Waals surface area (Å²) in [5.41, 5.74) is 8.51. The predicted octanol–water partition coefficient (Wildman–Crippen LogP) is 7.16. The summed E-state index contributed by atoms with van der Waals surface area (Å²) >= 11 is 0. The third kappa shape index (κ3) is 4.98. The van der Waals surface area contributed by atoms with E-state index in [4.69, 9.17) is 8.94 Å². The van der Waals surface area contributed by atoms with E-state index in [1.165, 1.54) is 5.56 Å². The van der Waals surface area contributed by atoms with Gasteiger partial charge in [0.15, 0.2) is 0 Å². The smallest absolute Gasteiger partial charge is 0.225 e. The van der Waals surface area contributed by atoms with Gasteiger partial charge in [-0.25, -0.2) is 0 Å². The van der Waals surface area contributed by atoms with E-state index in [9.17, 15) is 4.79 Å². The molecule has 37 heavy (non-hydrogen) atoms. The first-order chi connectivity index (χ1) is 17.8. The van der Waals surface area contributed by atoms with Crippen LogP contribution in [0.3, 0.4) is 0 Å². The normalized spacial score (nSPS) is 12.0. The van der Waals surface area contributed by atoms with Crippen LogP contribution < -0.4 is 5.32 Å². The number of aromatic nitrogens is 1. The molecule has 2 heterocycles. The standard InChI is InChI=1S/C32H30N2O3/c1-19-11-13-27(20(2)15-19)32(25-9-7-6-8-10-25)33-30(35)17-24-12-14-28-26(16-24)18-29(36-28)21(3)31-22(4)34-37-23(31)5/h6-16,18,32H,3,17H2,1-2,4-5H3,(H,33,35). The van der Waals surface area contributed by atoms with Crippen molar-refractivity contribution in [3.8, 4) is 0 Å². The molecule has 0 saturated carbocycles. The third-order valence-electron chi connectivity index (χ3n) is 6.75. The van der Waals surface area contributed by atoms with Gasteiger partial charge in [-0.2, -0.15) is 0 Å². The van der Waals surface area contributed by atoms with E-state index in [1.54, 1.807) is 0 Å². The van der Waals surface area contributed by atoms with Gasteiger partial charge in [0.05, 0.1) is 23.7 Å². The molecule has 1 amide bonds. The lowest BCUT2D eigenvalue weighted by Gasteiger charge is -2.22. The van der Waals surface area contributed by atoms with Gasteiger partial charge in [-0.3, -0.25) is 4.79 Å². The number of nitrogens with zero attached hydrogens (tertiary/aromatic N) is 1. The van der Waals surface area contributed by atoms with Crippen molar-refractivity contribution in [3.63, 3.8) is 0 Å². The van der Waals surface area contributed by atoms with Crippen molar-refractivity contribution < 1.29 is 13.7 Å². The first kappa shape index (κ1) is 24.3. The average molecular weight is 491 g/mol. The maximum atomic E-state index is 13.3. The van der Waals surface area contributed by atoms with E-state index in [0.29, 0.717) is 11.5 Å². The summed E-state index contributed by atoms with van der Waals surface area (Å²) in [4.78, 5) is 13.3. The number of benzene rings is 3. The fourth-order valence-electron chi connectivity index (χ4n) is 4.92. The van der Waals surface area contributed by atoms with Crippen molar-refractivity contribution in [1.82, 2.24) is 10.5 Å². The number of hydrogen-bond donors (Lipinski definition) is 1. The minimum Gasteiger partial charge on any atom is -0.456 e. The molecule has 3 aromatic carbocycles. The highest BCUT2D eigenvalue weighted by molar-refractivity contribution is 5.88. The molecule has 186 valence electrons. The van der Waals surface area contributed by atoms with Crippen LogP contribution >= 0.6 is 0 Å². The second kappa shape index (κ2) is 9.94. The molecule has 1 unspecified atom stereocenters. The Kier molecular flexibility index (Phi) is 6.53. The summed E-state index contributed by atoms with van der Waals surface area (Å²) in [5.74, 6) is 1.32. The highest BCUT2D eigenvalue weighted by atomic mass is 16.5. The van der Waals surface area contributed by atoms with Crippen LogP contribution in [0.2, 0.25) is 0 Å². The van der Waals surface area contributed by atoms with Crippen LogP contribution in [0.15, 0.2) is 88.3 Å². The zero-order valence-corrected chi connectivity index (χ0v) is 21.6. The number of amides is 1. The predicted molar refractivity (Wildman–Crippen MR) is 146 cm³/mol. The van der Waals surface area contributed by atoms with Crippen LogP contribution in [0.25, 0.3) is 16.5 Å². The number of nitrogens with one attached hydrogen (secondary N) is 1. The average Bonchev–Trinajstić information content (AvgIpc) is 3.45. The van der Waals surface area contributed by atoms with Crippen LogP contribution in [0.4, 0.5) is 0 Å². The van der Waals surface area contributed by atoms with E-state index >= 15 is 0 Å². The molecule has 0 radical (unpaired) electrons. The quantitative estimate of drug-likeness (QED) is 0.263. The molecule has 5 rings (SSSR count). The molecule has 1 N–H and O–H groups in total. The zero-order valence-electron chi connectivity index (χ0n) is 21.6. The summed E-state index contributed by atoms with van der Waals surface area (Å²) in [7, 11) is 0. The van der Waals surface area contributed by atoms with E-state index in [1.807, 2.05) is 56.3 Å². The zero-order chi connectivity index (χ0) is 26.1. The summed E-state index contributed by atoms with van der Waals surface area (Å²) in [6, 6.07) is 24.0. The largest absolute Gasteiger partial charge is 0.456 e. The maximum Gasteiger partial charge on any atom is 0.225 e. The molecule has 0 saturated heterocycles. The molecule has 0 fully saturated rings. The van der Waals surface area contributed by atoms with Crippen molar-refractivity contribution in [3.05, 3.63) is 130 Å². The van der Waals surface area contributed by atoms with Crippen LogP contribution in [0, 0.1) is 27.7 Å². The molecule has 0 aliphatic heterocycles. The van der Waals surface area contributed by atoms with Crippen LogP contribution in [-0.2, 0) is 11.2 Å². The Hall–Kier alpha value is -4.38. The van der Waals surface area contributed by atoms with Gasteiger partial charge in [-0.15, -0.1) is 0 Å². The van der Waals surface area contributed by atoms with Crippen molar-refractivity contribution in [1.29, 1.82) is 0 Å². The van der Waals surface area contributed by atoms with Crippen LogP contribution in [0.5, 0.6) is 0 Å². The number of hydrogen-bond acceptors (Lipinski definition) is 4. The minimum absolute atomic E-state index is 0.0444. The van der Waals surface area contributed by atoms with Gasteiger partial charge in [0, 0.05) is 11.0 Å². The van der Waals surface area contributed by atoms with Crippen molar-refractivity contribution in [2.24, 2.45) is 0 Å². The van der Waals surface area contributed by atoms with E-state index in [2.05, 4.69) is 61.2 Å². The van der Waals surface area contributed by atoms with E-state index in [-0.39, 0.29) is 18.4 Å². The summed E-state index contributed by atoms with van der Waals surface area (Å²) in [6.45, 7) is 12.1. The highest BCUT2D eigenvalue weighted by Gasteiger charge is 2.20. The lowest BCUT2D eigenvalue weighted by Crippen LogP contribution is -2.31. The van der Waals surface area contributed by atoms with Crippen LogP contribution in [0.1, 0.15) is 56.6 Å². The number of furan rings is 1. The molecule has 0 bridgehead atoms. The summed E-state index contributed by atoms with van der Waals surface area (Å²) in [6.07, 6.45) is 0.259. The van der Waals surface area contributed by atoms with Gasteiger partial charge in [-0.05, 0) is 68.1 Å². The highest BCUT2D eigenvalue weighted by Crippen LogP contribution is 2.32. The van der Waals surface area contributed by atoms with Crippen LogP contribution in [-0.4, -0.2) is 11.1 Å². The minimum atomic E-state index is -0.225. The Morgan fingerprint density at radius 1 is 0.973 bits per heavy atom. The first-order valence-corrected chi connectivity index (χ1v) is 12.4. The Bertz CT molecular complexity index is 1590. The van der Waals surface area contributed by atoms with Crippen molar-refractivity contribution in [2.45, 2.75) is 40.2 Å².